The Hall–Kier alpha value is -4.00. The predicted molar refractivity (Wildman–Crippen MR) is 104 cm³/mol. The van der Waals surface area contributed by atoms with Gasteiger partial charge in [0.15, 0.2) is 0 Å². The summed E-state index contributed by atoms with van der Waals surface area (Å²) in [5.74, 6) is -2.21. The zero-order valence-electron chi connectivity index (χ0n) is 15.3. The maximum absolute atomic E-state index is 14.4. The highest BCUT2D eigenvalue weighted by atomic mass is 19.1. The lowest BCUT2D eigenvalue weighted by atomic mass is 10.0. The summed E-state index contributed by atoms with van der Waals surface area (Å²) in [6, 6.07) is 17.3. The minimum Gasteiger partial charge on any atom is -0.496 e. The maximum Gasteiger partial charge on any atom is 0.335 e. The van der Waals surface area contributed by atoms with Crippen molar-refractivity contribution >= 4 is 22.7 Å². The van der Waals surface area contributed by atoms with E-state index in [1.807, 2.05) is 0 Å². The molecule has 0 saturated carbocycles. The number of aromatic nitrogens is 2. The SMILES string of the molecule is COc1cccc(F)c1C(=O)c1nn(-c2ccc(C(=O)O)cc2)c2ccccc12. The van der Waals surface area contributed by atoms with Gasteiger partial charge in [-0.25, -0.2) is 13.9 Å². The fraction of sp³-hybridized carbons (Fsp3) is 0.0455. The Morgan fingerprint density at radius 3 is 2.41 bits per heavy atom. The monoisotopic (exact) mass is 390 g/mol. The fourth-order valence-corrected chi connectivity index (χ4v) is 3.19. The summed E-state index contributed by atoms with van der Waals surface area (Å²) in [6.07, 6.45) is 0. The average Bonchev–Trinajstić information content (AvgIpc) is 3.13. The Morgan fingerprint density at radius 1 is 1.00 bits per heavy atom. The van der Waals surface area contributed by atoms with E-state index in [-0.39, 0.29) is 22.6 Å². The van der Waals surface area contributed by atoms with Crippen LogP contribution in [0, 0.1) is 5.82 Å². The number of benzene rings is 3. The molecule has 1 N–H and O–H groups in total. The van der Waals surface area contributed by atoms with Crippen molar-refractivity contribution in [2.45, 2.75) is 0 Å². The Morgan fingerprint density at radius 2 is 1.72 bits per heavy atom. The highest BCUT2D eigenvalue weighted by molar-refractivity contribution is 6.16. The molecule has 0 fully saturated rings. The van der Waals surface area contributed by atoms with Crippen molar-refractivity contribution in [2.75, 3.05) is 7.11 Å². The molecule has 1 aromatic heterocycles. The smallest absolute Gasteiger partial charge is 0.335 e. The number of carbonyl (C=O) groups excluding carboxylic acids is 1. The zero-order chi connectivity index (χ0) is 20.5. The number of carboxylic acids is 1. The molecule has 0 bridgehead atoms. The summed E-state index contributed by atoms with van der Waals surface area (Å²) >= 11 is 0. The first kappa shape index (κ1) is 18.4. The number of carboxylic acid groups (broad SMARTS) is 1. The minimum absolute atomic E-state index is 0.0753. The minimum atomic E-state index is -1.04. The molecule has 0 aliphatic carbocycles. The molecular formula is C22H15FN2O4. The van der Waals surface area contributed by atoms with Crippen LogP contribution in [0.25, 0.3) is 16.6 Å². The normalized spacial score (nSPS) is 10.8. The number of aromatic carboxylic acids is 1. The lowest BCUT2D eigenvalue weighted by molar-refractivity contribution is 0.0696. The second kappa shape index (κ2) is 7.20. The first-order chi connectivity index (χ1) is 14.0. The number of ketones is 1. The molecular weight excluding hydrogens is 375 g/mol. The van der Waals surface area contributed by atoms with Crippen LogP contribution < -0.4 is 4.74 Å². The first-order valence-electron chi connectivity index (χ1n) is 8.70. The summed E-state index contributed by atoms with van der Waals surface area (Å²) in [5, 5.41) is 14.1. The van der Waals surface area contributed by atoms with Crippen LogP contribution in [-0.4, -0.2) is 33.7 Å². The van der Waals surface area contributed by atoms with Crippen LogP contribution in [0.1, 0.15) is 26.4 Å². The van der Waals surface area contributed by atoms with Crippen molar-refractivity contribution in [1.29, 1.82) is 0 Å². The number of fused-ring (bicyclic) bond motifs is 1. The van der Waals surface area contributed by atoms with Gasteiger partial charge in [0, 0.05) is 5.39 Å². The van der Waals surface area contributed by atoms with Crippen LogP contribution in [0.5, 0.6) is 5.75 Å². The van der Waals surface area contributed by atoms with Crippen LogP contribution in [-0.2, 0) is 0 Å². The van der Waals surface area contributed by atoms with E-state index in [1.54, 1.807) is 36.4 Å². The summed E-state index contributed by atoms with van der Waals surface area (Å²) < 4.78 is 21.1. The topological polar surface area (TPSA) is 81.4 Å². The second-order valence-corrected chi connectivity index (χ2v) is 6.28. The molecule has 0 radical (unpaired) electrons. The van der Waals surface area contributed by atoms with E-state index in [2.05, 4.69) is 5.10 Å². The average molecular weight is 390 g/mol. The Kier molecular flexibility index (Phi) is 4.56. The molecule has 0 aliphatic rings. The van der Waals surface area contributed by atoms with Crippen molar-refractivity contribution < 1.29 is 23.8 Å². The molecule has 0 atom stereocenters. The summed E-state index contributed by atoms with van der Waals surface area (Å²) in [5.41, 5.74) is 1.23. The zero-order valence-corrected chi connectivity index (χ0v) is 15.3. The van der Waals surface area contributed by atoms with Crippen molar-refractivity contribution in [2.24, 2.45) is 0 Å². The number of nitrogens with zero attached hydrogens (tertiary/aromatic N) is 2. The van der Waals surface area contributed by atoms with Gasteiger partial charge in [-0.2, -0.15) is 5.10 Å². The molecule has 0 saturated heterocycles. The Balaban J connectivity index is 1.90. The van der Waals surface area contributed by atoms with E-state index in [9.17, 15) is 14.0 Å². The number of ether oxygens (including phenoxy) is 1. The summed E-state index contributed by atoms with van der Waals surface area (Å²) in [6.45, 7) is 0. The molecule has 1 heterocycles. The van der Waals surface area contributed by atoms with Crippen molar-refractivity contribution in [1.82, 2.24) is 9.78 Å². The largest absolute Gasteiger partial charge is 0.496 e. The maximum atomic E-state index is 14.4. The van der Waals surface area contributed by atoms with Gasteiger partial charge in [-0.1, -0.05) is 24.3 Å². The third kappa shape index (κ3) is 3.12. The molecule has 3 aromatic carbocycles. The van der Waals surface area contributed by atoms with Gasteiger partial charge in [0.05, 0.1) is 23.9 Å². The van der Waals surface area contributed by atoms with Crippen molar-refractivity contribution in [3.63, 3.8) is 0 Å². The van der Waals surface area contributed by atoms with E-state index in [0.717, 1.165) is 0 Å². The molecule has 29 heavy (non-hydrogen) atoms. The molecule has 0 aliphatic heterocycles. The number of hydrogen-bond acceptors (Lipinski definition) is 4. The highest BCUT2D eigenvalue weighted by Crippen LogP contribution is 2.29. The van der Waals surface area contributed by atoms with Crippen LogP contribution in [0.4, 0.5) is 4.39 Å². The fourth-order valence-electron chi connectivity index (χ4n) is 3.19. The standard InChI is InChI=1S/C22H15FN2O4/c1-29-18-8-4-6-16(23)19(18)21(26)20-15-5-2-3-7-17(15)25(24-20)14-11-9-13(10-12-14)22(27)28/h2-12H,1H3,(H,27,28). The quantitative estimate of drug-likeness (QED) is 0.519. The van der Waals surface area contributed by atoms with E-state index >= 15 is 0 Å². The summed E-state index contributed by atoms with van der Waals surface area (Å²) in [4.78, 5) is 24.3. The number of para-hydroxylation sites is 1. The van der Waals surface area contributed by atoms with Crippen LogP contribution in [0.15, 0.2) is 66.7 Å². The molecule has 0 spiro atoms. The number of halogens is 1. The van der Waals surface area contributed by atoms with Gasteiger partial charge in [0.2, 0.25) is 5.78 Å². The number of carbonyl (C=O) groups is 2. The third-order valence-corrected chi connectivity index (χ3v) is 4.58. The third-order valence-electron chi connectivity index (χ3n) is 4.58. The van der Waals surface area contributed by atoms with Gasteiger partial charge in [-0.05, 0) is 42.5 Å². The van der Waals surface area contributed by atoms with Gasteiger partial charge in [-0.15, -0.1) is 0 Å². The molecule has 0 unspecified atom stereocenters. The van der Waals surface area contributed by atoms with Gasteiger partial charge in [-0.3, -0.25) is 4.79 Å². The van der Waals surface area contributed by atoms with Gasteiger partial charge in [0.25, 0.3) is 0 Å². The number of methoxy groups -OCH3 is 1. The molecule has 0 amide bonds. The van der Waals surface area contributed by atoms with E-state index in [4.69, 9.17) is 9.84 Å². The van der Waals surface area contributed by atoms with Gasteiger partial charge >= 0.3 is 5.97 Å². The van der Waals surface area contributed by atoms with Crippen molar-refractivity contribution in [3.05, 3.63) is 89.4 Å². The number of rotatable bonds is 5. The van der Waals surface area contributed by atoms with E-state index in [1.165, 1.54) is 42.1 Å². The lowest BCUT2D eigenvalue weighted by Gasteiger charge is -2.07. The number of hydrogen-bond donors (Lipinski definition) is 1. The first-order valence-corrected chi connectivity index (χ1v) is 8.70. The van der Waals surface area contributed by atoms with Crippen molar-refractivity contribution in [3.8, 4) is 11.4 Å². The Labute approximate surface area is 164 Å². The Bertz CT molecular complexity index is 1250. The van der Waals surface area contributed by atoms with E-state index in [0.29, 0.717) is 16.6 Å². The van der Waals surface area contributed by atoms with Crippen LogP contribution in [0.2, 0.25) is 0 Å². The molecule has 6 nitrogen and oxygen atoms in total. The highest BCUT2D eigenvalue weighted by Gasteiger charge is 2.25. The molecule has 7 heteroatoms. The van der Waals surface area contributed by atoms with Crippen LogP contribution >= 0.6 is 0 Å². The second-order valence-electron chi connectivity index (χ2n) is 6.28. The lowest BCUT2D eigenvalue weighted by Crippen LogP contribution is -2.09. The summed E-state index contributed by atoms with van der Waals surface area (Å²) in [7, 11) is 1.37. The van der Waals surface area contributed by atoms with Gasteiger partial charge in [0.1, 0.15) is 22.8 Å². The van der Waals surface area contributed by atoms with Gasteiger partial charge < -0.3 is 9.84 Å². The molecule has 144 valence electrons. The van der Waals surface area contributed by atoms with E-state index < -0.39 is 17.6 Å². The predicted octanol–water partition coefficient (Wildman–Crippen LogP) is 4.10. The molecule has 4 rings (SSSR count). The molecule has 4 aromatic rings. The van der Waals surface area contributed by atoms with Crippen LogP contribution in [0.3, 0.4) is 0 Å².